The van der Waals surface area contributed by atoms with E-state index in [4.69, 9.17) is 22.7 Å². The average molecular weight is 236 g/mol. The van der Waals surface area contributed by atoms with Crippen LogP contribution in [0.4, 0.5) is 0 Å². The Hall–Kier alpha value is -1.13. The minimum Gasteiger partial charge on any atom is -0.432 e. The van der Waals surface area contributed by atoms with Gasteiger partial charge in [0, 0.05) is 20.1 Å². The predicted octanol–water partition coefficient (Wildman–Crippen LogP) is 1.86. The first-order valence-corrected chi connectivity index (χ1v) is 5.76. The summed E-state index contributed by atoms with van der Waals surface area (Å²) in [6.07, 6.45) is 2.05. The predicted molar refractivity (Wildman–Crippen MR) is 68.6 cm³/mol. The summed E-state index contributed by atoms with van der Waals surface area (Å²) < 4.78 is 5.55. The van der Waals surface area contributed by atoms with Crippen molar-refractivity contribution in [2.45, 2.75) is 18.9 Å². The van der Waals surface area contributed by atoms with Gasteiger partial charge in [-0.25, -0.2) is 0 Å². The second-order valence-corrected chi connectivity index (χ2v) is 4.62. The molecule has 0 aliphatic heterocycles. The molecule has 1 aromatic carbocycles. The van der Waals surface area contributed by atoms with Crippen LogP contribution in [0.3, 0.4) is 0 Å². The maximum absolute atomic E-state index is 5.97. The number of rotatable bonds is 1. The molecule has 0 saturated heterocycles. The molecule has 4 heteroatoms. The van der Waals surface area contributed by atoms with E-state index in [0.717, 1.165) is 18.6 Å². The molecule has 0 fully saturated rings. The highest BCUT2D eigenvalue weighted by Gasteiger charge is 2.19. The van der Waals surface area contributed by atoms with Crippen LogP contribution >= 0.6 is 12.2 Å². The van der Waals surface area contributed by atoms with Gasteiger partial charge in [-0.1, -0.05) is 6.07 Å². The number of benzene rings is 1. The van der Waals surface area contributed by atoms with Crippen LogP contribution in [0.2, 0.25) is 0 Å². The van der Waals surface area contributed by atoms with Gasteiger partial charge in [-0.3, -0.25) is 0 Å². The number of thiocarbonyl (C=S) groups is 1. The van der Waals surface area contributed by atoms with Crippen molar-refractivity contribution in [3.8, 4) is 5.75 Å². The largest absolute Gasteiger partial charge is 0.432 e. The number of ether oxygens (including phenoxy) is 1. The topological polar surface area (TPSA) is 38.5 Å². The van der Waals surface area contributed by atoms with Gasteiger partial charge in [0.15, 0.2) is 0 Å². The second-order valence-electron chi connectivity index (χ2n) is 4.27. The summed E-state index contributed by atoms with van der Waals surface area (Å²) in [5, 5.41) is 0.474. The molecular formula is C12H16N2OS. The third-order valence-corrected chi connectivity index (χ3v) is 3.26. The van der Waals surface area contributed by atoms with Crippen molar-refractivity contribution in [1.29, 1.82) is 0 Å². The molecule has 2 N–H and O–H groups in total. The molecule has 16 heavy (non-hydrogen) atoms. The van der Waals surface area contributed by atoms with Gasteiger partial charge in [0.1, 0.15) is 5.75 Å². The Morgan fingerprint density at radius 3 is 2.94 bits per heavy atom. The molecule has 0 radical (unpaired) electrons. The van der Waals surface area contributed by atoms with Crippen molar-refractivity contribution in [2.75, 3.05) is 14.1 Å². The smallest absolute Gasteiger partial charge is 0.264 e. The first-order chi connectivity index (χ1) is 7.58. The van der Waals surface area contributed by atoms with Gasteiger partial charge in [-0.15, -0.1) is 0 Å². The standard InChI is InChI=1S/C12H16N2OS/c1-14(2)12(16)15-9-4-5-10-8(7-9)3-6-11(10)13/h4-5,7,11H,3,6,13H2,1-2H3. The Labute approximate surface area is 101 Å². The summed E-state index contributed by atoms with van der Waals surface area (Å²) in [5.74, 6) is 0.798. The lowest BCUT2D eigenvalue weighted by atomic mass is 10.1. The van der Waals surface area contributed by atoms with Crippen molar-refractivity contribution in [1.82, 2.24) is 4.90 Å². The fourth-order valence-corrected chi connectivity index (χ4v) is 1.98. The Bertz CT molecular complexity index is 417. The van der Waals surface area contributed by atoms with Crippen LogP contribution in [0.15, 0.2) is 18.2 Å². The van der Waals surface area contributed by atoms with E-state index in [1.807, 2.05) is 32.3 Å². The van der Waals surface area contributed by atoms with Crippen LogP contribution in [0, 0.1) is 0 Å². The Balaban J connectivity index is 2.16. The Morgan fingerprint density at radius 2 is 2.25 bits per heavy atom. The summed E-state index contributed by atoms with van der Waals surface area (Å²) in [4.78, 5) is 1.77. The zero-order valence-electron chi connectivity index (χ0n) is 9.56. The summed E-state index contributed by atoms with van der Waals surface area (Å²) in [7, 11) is 3.73. The maximum atomic E-state index is 5.97. The number of hydrogen-bond acceptors (Lipinski definition) is 3. The lowest BCUT2D eigenvalue weighted by Crippen LogP contribution is -2.25. The van der Waals surface area contributed by atoms with Crippen molar-refractivity contribution < 1.29 is 4.74 Å². The summed E-state index contributed by atoms with van der Waals surface area (Å²) in [6.45, 7) is 0. The molecule has 0 heterocycles. The highest BCUT2D eigenvalue weighted by molar-refractivity contribution is 7.80. The minimum absolute atomic E-state index is 0.185. The lowest BCUT2D eigenvalue weighted by molar-refractivity contribution is 0.449. The van der Waals surface area contributed by atoms with E-state index in [0.29, 0.717) is 5.17 Å². The van der Waals surface area contributed by atoms with Crippen LogP contribution in [0.1, 0.15) is 23.6 Å². The molecule has 0 aromatic heterocycles. The molecule has 1 unspecified atom stereocenters. The number of nitrogens with two attached hydrogens (primary N) is 1. The number of aryl methyl sites for hydroxylation is 1. The van der Waals surface area contributed by atoms with Gasteiger partial charge in [0.05, 0.1) is 0 Å². The van der Waals surface area contributed by atoms with E-state index in [1.165, 1.54) is 11.1 Å². The first kappa shape index (κ1) is 11.4. The number of nitrogens with zero attached hydrogens (tertiary/aromatic N) is 1. The molecule has 0 amide bonds. The second kappa shape index (κ2) is 4.39. The molecule has 1 aromatic rings. The number of fused-ring (bicyclic) bond motifs is 1. The lowest BCUT2D eigenvalue weighted by Gasteiger charge is -2.14. The van der Waals surface area contributed by atoms with E-state index in [-0.39, 0.29) is 6.04 Å². The third kappa shape index (κ3) is 2.18. The summed E-state index contributed by atoms with van der Waals surface area (Å²) in [5.41, 5.74) is 8.49. The molecule has 0 spiro atoms. The molecule has 86 valence electrons. The normalized spacial score (nSPS) is 18.1. The van der Waals surface area contributed by atoms with E-state index in [1.54, 1.807) is 4.90 Å². The van der Waals surface area contributed by atoms with Gasteiger partial charge >= 0.3 is 0 Å². The Kier molecular flexibility index (Phi) is 3.12. The molecule has 2 rings (SSSR count). The van der Waals surface area contributed by atoms with E-state index in [2.05, 4.69) is 0 Å². The van der Waals surface area contributed by atoms with Crippen molar-refractivity contribution in [3.63, 3.8) is 0 Å². The highest BCUT2D eigenvalue weighted by Crippen LogP contribution is 2.31. The average Bonchev–Trinajstić information content (AvgIpc) is 2.60. The molecule has 0 saturated carbocycles. The van der Waals surface area contributed by atoms with Crippen molar-refractivity contribution in [3.05, 3.63) is 29.3 Å². The van der Waals surface area contributed by atoms with Crippen molar-refractivity contribution >= 4 is 17.4 Å². The molecule has 0 bridgehead atoms. The molecular weight excluding hydrogens is 220 g/mol. The van der Waals surface area contributed by atoms with Crippen LogP contribution in [-0.4, -0.2) is 24.2 Å². The van der Waals surface area contributed by atoms with Crippen LogP contribution in [0.5, 0.6) is 5.75 Å². The van der Waals surface area contributed by atoms with Crippen LogP contribution < -0.4 is 10.5 Å². The zero-order chi connectivity index (χ0) is 11.7. The first-order valence-electron chi connectivity index (χ1n) is 5.35. The van der Waals surface area contributed by atoms with Crippen LogP contribution in [-0.2, 0) is 6.42 Å². The fraction of sp³-hybridized carbons (Fsp3) is 0.417. The third-order valence-electron chi connectivity index (χ3n) is 2.81. The Morgan fingerprint density at radius 1 is 1.50 bits per heavy atom. The van der Waals surface area contributed by atoms with Gasteiger partial charge in [-0.05, 0) is 48.3 Å². The van der Waals surface area contributed by atoms with Gasteiger partial charge in [0.2, 0.25) is 0 Å². The quantitative estimate of drug-likeness (QED) is 0.755. The fourth-order valence-electron chi connectivity index (χ4n) is 1.88. The van der Waals surface area contributed by atoms with Gasteiger partial charge in [-0.2, -0.15) is 0 Å². The summed E-state index contributed by atoms with van der Waals surface area (Å²) >= 11 is 5.09. The van der Waals surface area contributed by atoms with E-state index in [9.17, 15) is 0 Å². The SMILES string of the molecule is CN(C)C(=S)Oc1ccc2c(c1)CCC2N. The van der Waals surface area contributed by atoms with Crippen molar-refractivity contribution in [2.24, 2.45) is 5.73 Å². The molecule has 1 atom stereocenters. The van der Waals surface area contributed by atoms with Gasteiger partial charge in [0.25, 0.3) is 5.17 Å². The maximum Gasteiger partial charge on any atom is 0.264 e. The zero-order valence-corrected chi connectivity index (χ0v) is 10.4. The summed E-state index contributed by atoms with van der Waals surface area (Å²) in [6, 6.07) is 6.20. The van der Waals surface area contributed by atoms with Crippen LogP contribution in [0.25, 0.3) is 0 Å². The molecule has 1 aliphatic rings. The minimum atomic E-state index is 0.185. The van der Waals surface area contributed by atoms with E-state index < -0.39 is 0 Å². The number of hydrogen-bond donors (Lipinski definition) is 1. The highest BCUT2D eigenvalue weighted by atomic mass is 32.1. The van der Waals surface area contributed by atoms with Gasteiger partial charge < -0.3 is 15.4 Å². The molecule has 3 nitrogen and oxygen atoms in total. The monoisotopic (exact) mass is 236 g/mol. The van der Waals surface area contributed by atoms with E-state index >= 15 is 0 Å². The molecule has 1 aliphatic carbocycles.